The van der Waals surface area contributed by atoms with Crippen LogP contribution in [0.25, 0.3) is 0 Å². The Balaban J connectivity index is -0.000000174. The van der Waals surface area contributed by atoms with E-state index < -0.39 is 0 Å². The Morgan fingerprint density at radius 3 is 0.806 bits per heavy atom. The molecule has 0 N–H and O–H groups in total. The molecule has 0 saturated carbocycles. The predicted molar refractivity (Wildman–Crippen MR) is 137 cm³/mol. The van der Waals surface area contributed by atoms with E-state index in [0.29, 0.717) is 0 Å². The topological polar surface area (TPSA) is 46.8 Å². The first-order valence-corrected chi connectivity index (χ1v) is 12.1. The van der Waals surface area contributed by atoms with Crippen LogP contribution in [0.4, 0.5) is 0 Å². The first kappa shape index (κ1) is 37.9. The minimum Gasteiger partial charge on any atom is -0.538 e. The van der Waals surface area contributed by atoms with Crippen LogP contribution >= 0.6 is 0 Å². The molecule has 0 bridgehead atoms. The van der Waals surface area contributed by atoms with Gasteiger partial charge in [0, 0.05) is 0 Å². The largest absolute Gasteiger partial charge is 3.00 e. The van der Waals surface area contributed by atoms with Gasteiger partial charge in [-0.25, -0.2) is 0 Å². The molecule has 0 amide bonds. The van der Waals surface area contributed by atoms with Gasteiger partial charge in [0.25, 0.3) is 0 Å². The zero-order valence-electron chi connectivity index (χ0n) is 22.0. The molecule has 6 nitrogen and oxygen atoms in total. The van der Waals surface area contributed by atoms with Gasteiger partial charge in [0.2, 0.25) is 0 Å². The molecule has 0 atom stereocenters. The van der Waals surface area contributed by atoms with Crippen LogP contribution in [0.15, 0.2) is 15.0 Å². The molecule has 0 heterocycles. The van der Waals surface area contributed by atoms with Crippen LogP contribution in [-0.2, 0) is 0 Å². The summed E-state index contributed by atoms with van der Waals surface area (Å²) in [6.45, 7) is 27.7. The van der Waals surface area contributed by atoms with E-state index in [1.54, 1.807) is 0 Å². The Bertz CT molecular complexity index is 331. The Morgan fingerprint density at radius 1 is 0.452 bits per heavy atom. The predicted octanol–water partition coefficient (Wildman–Crippen LogP) is 4.93. The van der Waals surface area contributed by atoms with Crippen molar-refractivity contribution >= 4 is 19.0 Å². The Morgan fingerprint density at radius 2 is 0.677 bits per heavy atom. The van der Waals surface area contributed by atoms with Crippen molar-refractivity contribution in [2.45, 2.75) is 81.6 Å². The van der Waals surface area contributed by atoms with E-state index in [4.69, 9.17) is 0 Å². The van der Waals surface area contributed by atoms with Gasteiger partial charge in [0.1, 0.15) is 0 Å². The normalized spacial score (nSPS) is 10.4. The molecule has 0 aromatic heterocycles. The molecule has 0 aromatic carbocycles. The van der Waals surface area contributed by atoms with Gasteiger partial charge in [0.15, 0.2) is 0 Å². The summed E-state index contributed by atoms with van der Waals surface area (Å²) >= 11 is 0. The van der Waals surface area contributed by atoms with Crippen molar-refractivity contribution in [1.82, 2.24) is 14.7 Å². The smallest absolute Gasteiger partial charge is 0.538 e. The van der Waals surface area contributed by atoms with Crippen molar-refractivity contribution < 1.29 is 37.3 Å². The molecule has 0 rings (SSSR count). The molecule has 7 heteroatoms. The Labute approximate surface area is 225 Å². The summed E-state index contributed by atoms with van der Waals surface area (Å²) in [5, 5.41) is 0. The molecule has 189 valence electrons. The van der Waals surface area contributed by atoms with Crippen molar-refractivity contribution in [2.75, 3.05) is 58.9 Å². The fourth-order valence-corrected chi connectivity index (χ4v) is 2.16. The summed E-state index contributed by atoms with van der Waals surface area (Å²) in [6, 6.07) is 0. The summed E-state index contributed by atoms with van der Waals surface area (Å²) in [5.74, 6) is 0. The SMILES string of the molecule is CCCN([C-]=NCC)CC.CCCN([C-]=NCC)CC.CCCN([C-]=NCC)CC.[Er+3]. The number of rotatable bonds is 15. The maximum atomic E-state index is 4.04. The molecule has 0 saturated heterocycles. The fraction of sp³-hybridized carbons (Fsp3) is 0.875. The van der Waals surface area contributed by atoms with Crippen molar-refractivity contribution in [3.05, 3.63) is 0 Å². The standard InChI is InChI=1S/3C8H17N2.Er/c3*1-4-7-10(6-3)8-9-5-2;/h3*4-7H2,1-3H3;/q3*-1;+3. The molecule has 0 aliphatic heterocycles. The van der Waals surface area contributed by atoms with Crippen molar-refractivity contribution in [2.24, 2.45) is 15.0 Å². The monoisotopic (exact) mass is 589 g/mol. The maximum absolute atomic E-state index is 4.04. The van der Waals surface area contributed by atoms with Gasteiger partial charge in [-0.1, -0.05) is 41.5 Å². The van der Waals surface area contributed by atoms with E-state index in [2.05, 4.69) is 90.2 Å². The molecule has 0 unspecified atom stereocenters. The summed E-state index contributed by atoms with van der Waals surface area (Å²) in [7, 11) is 0. The Kier molecular flexibility index (Phi) is 42.0. The van der Waals surface area contributed by atoms with Gasteiger partial charge in [-0.15, -0.1) is 0 Å². The van der Waals surface area contributed by atoms with Crippen molar-refractivity contribution in [1.29, 1.82) is 0 Å². The number of hydrogen-bond donors (Lipinski definition) is 0. The van der Waals surface area contributed by atoms with Gasteiger partial charge in [-0.2, -0.15) is 0 Å². The number of hydrogen-bond acceptors (Lipinski definition) is 3. The van der Waals surface area contributed by atoms with Gasteiger partial charge in [0.05, 0.1) is 0 Å². The molecule has 0 aromatic rings. The van der Waals surface area contributed by atoms with E-state index in [1.807, 2.05) is 20.8 Å². The van der Waals surface area contributed by atoms with Crippen molar-refractivity contribution in [3.8, 4) is 0 Å². The second kappa shape index (κ2) is 34.3. The van der Waals surface area contributed by atoms with Gasteiger partial charge >= 0.3 is 37.3 Å². The second-order valence-electron chi connectivity index (χ2n) is 6.46. The van der Waals surface area contributed by atoms with Gasteiger partial charge in [-0.05, 0) is 98.9 Å². The average molecular weight is 591 g/mol. The molecule has 1 radical (unpaired) electrons. The second-order valence-corrected chi connectivity index (χ2v) is 6.46. The third-order valence-electron chi connectivity index (χ3n) is 3.74. The molecular weight excluding hydrogens is 540 g/mol. The molecule has 0 spiro atoms. The van der Waals surface area contributed by atoms with Crippen LogP contribution < -0.4 is 0 Å². The maximum Gasteiger partial charge on any atom is 3.00 e. The average Bonchev–Trinajstić information content (AvgIpc) is 2.77. The molecule has 0 fully saturated rings. The van der Waals surface area contributed by atoms with E-state index in [0.717, 1.165) is 58.9 Å². The summed E-state index contributed by atoms with van der Waals surface area (Å²) < 4.78 is 0. The number of aliphatic imine (C=N–C) groups is 3. The van der Waals surface area contributed by atoms with Crippen LogP contribution in [0.1, 0.15) is 81.6 Å². The quantitative estimate of drug-likeness (QED) is 0.118. The number of nitrogens with zero attached hydrogens (tertiary/aromatic N) is 6. The molecule has 31 heavy (non-hydrogen) atoms. The zero-order valence-corrected chi connectivity index (χ0v) is 23.8. The molecule has 0 aliphatic carbocycles. The summed E-state index contributed by atoms with van der Waals surface area (Å²) in [5.41, 5.74) is 0. The van der Waals surface area contributed by atoms with E-state index in [1.165, 1.54) is 19.3 Å². The van der Waals surface area contributed by atoms with E-state index >= 15 is 0 Å². The van der Waals surface area contributed by atoms with Gasteiger partial charge < -0.3 is 29.7 Å². The Hall–Kier alpha value is -0.343. The third-order valence-corrected chi connectivity index (χ3v) is 3.74. The summed E-state index contributed by atoms with van der Waals surface area (Å²) in [6.07, 6.45) is 12.4. The van der Waals surface area contributed by atoms with Crippen LogP contribution in [0.2, 0.25) is 0 Å². The van der Waals surface area contributed by atoms with Crippen LogP contribution in [0, 0.1) is 37.3 Å². The molecular formula is C24H51ErN6. The van der Waals surface area contributed by atoms with Crippen molar-refractivity contribution in [3.63, 3.8) is 0 Å². The minimum atomic E-state index is 0. The van der Waals surface area contributed by atoms with Crippen LogP contribution in [0.3, 0.4) is 0 Å². The van der Waals surface area contributed by atoms with Crippen LogP contribution in [0.5, 0.6) is 0 Å². The first-order valence-electron chi connectivity index (χ1n) is 12.1. The summed E-state index contributed by atoms with van der Waals surface area (Å²) in [4.78, 5) is 18.4. The minimum absolute atomic E-state index is 0. The van der Waals surface area contributed by atoms with E-state index in [-0.39, 0.29) is 37.3 Å². The van der Waals surface area contributed by atoms with Crippen LogP contribution in [-0.4, -0.2) is 92.6 Å². The molecule has 0 aliphatic rings. The van der Waals surface area contributed by atoms with Gasteiger partial charge in [-0.3, -0.25) is 19.0 Å². The third kappa shape index (κ3) is 31.9. The van der Waals surface area contributed by atoms with E-state index in [9.17, 15) is 0 Å². The fourth-order valence-electron chi connectivity index (χ4n) is 2.16. The first-order chi connectivity index (χ1) is 14.5. The zero-order chi connectivity index (χ0) is 23.5.